The Morgan fingerprint density at radius 2 is 2.13 bits per heavy atom. The maximum atomic E-state index is 10.8. The van der Waals surface area contributed by atoms with Crippen LogP contribution in [0.2, 0.25) is 5.02 Å². The van der Waals surface area contributed by atoms with E-state index in [-0.39, 0.29) is 5.57 Å². The number of hydrogen-bond donors (Lipinski definition) is 1. The van der Waals surface area contributed by atoms with Crippen LogP contribution in [0.5, 0.6) is 5.75 Å². The summed E-state index contributed by atoms with van der Waals surface area (Å²) in [6.07, 6.45) is 0. The Morgan fingerprint density at radius 1 is 1.53 bits per heavy atom. The minimum atomic E-state index is -1.09. The molecule has 0 aliphatic heterocycles. The molecule has 1 aromatic rings. The molecule has 0 aromatic heterocycles. The number of aryl methyl sites for hydroxylation is 1. The van der Waals surface area contributed by atoms with Crippen molar-refractivity contribution in [2.24, 2.45) is 0 Å². The van der Waals surface area contributed by atoms with E-state index in [0.29, 0.717) is 16.3 Å². The smallest absolute Gasteiger partial charge is 0.335 e. The van der Waals surface area contributed by atoms with Crippen molar-refractivity contribution in [2.45, 2.75) is 6.92 Å². The zero-order valence-corrected chi connectivity index (χ0v) is 9.26. The van der Waals surface area contributed by atoms with Gasteiger partial charge in [0.25, 0.3) is 0 Å². The second-order valence-corrected chi connectivity index (χ2v) is 3.49. The lowest BCUT2D eigenvalue weighted by atomic mass is 10.0. The first-order valence-corrected chi connectivity index (χ1v) is 4.62. The van der Waals surface area contributed by atoms with E-state index in [0.717, 1.165) is 5.56 Å². The van der Waals surface area contributed by atoms with Crippen LogP contribution in [0.4, 0.5) is 0 Å². The number of rotatable bonds is 3. The second kappa shape index (κ2) is 4.36. The summed E-state index contributed by atoms with van der Waals surface area (Å²) < 4.78 is 5.07. The van der Waals surface area contributed by atoms with Gasteiger partial charge in [-0.05, 0) is 24.6 Å². The van der Waals surface area contributed by atoms with Gasteiger partial charge in [0.1, 0.15) is 5.75 Å². The molecule has 0 saturated heterocycles. The molecule has 0 aliphatic rings. The predicted molar refractivity (Wildman–Crippen MR) is 59.4 cm³/mol. The molecule has 1 rings (SSSR count). The van der Waals surface area contributed by atoms with E-state index < -0.39 is 5.97 Å². The number of hydrogen-bond acceptors (Lipinski definition) is 2. The molecule has 80 valence electrons. The number of benzene rings is 1. The van der Waals surface area contributed by atoms with Gasteiger partial charge in [-0.25, -0.2) is 4.79 Å². The van der Waals surface area contributed by atoms with E-state index in [2.05, 4.69) is 6.58 Å². The van der Waals surface area contributed by atoms with Crippen molar-refractivity contribution in [3.05, 3.63) is 34.9 Å². The first-order chi connectivity index (χ1) is 6.97. The molecule has 0 spiro atoms. The lowest BCUT2D eigenvalue weighted by molar-refractivity contribution is -0.130. The van der Waals surface area contributed by atoms with E-state index >= 15 is 0 Å². The summed E-state index contributed by atoms with van der Waals surface area (Å²) in [5, 5.41) is 9.31. The van der Waals surface area contributed by atoms with Crippen molar-refractivity contribution < 1.29 is 14.6 Å². The van der Waals surface area contributed by atoms with E-state index in [1.54, 1.807) is 12.1 Å². The maximum Gasteiger partial charge on any atom is 0.335 e. The molecule has 0 fully saturated rings. The SMILES string of the molecule is C=C(C(=O)O)c1cc(Cl)c(C)cc1OC. The largest absolute Gasteiger partial charge is 0.496 e. The lowest BCUT2D eigenvalue weighted by Crippen LogP contribution is -2.01. The third-order valence-electron chi connectivity index (χ3n) is 2.06. The fraction of sp³-hybridized carbons (Fsp3) is 0.182. The van der Waals surface area contributed by atoms with Gasteiger partial charge in [0.05, 0.1) is 12.7 Å². The minimum absolute atomic E-state index is 0.0336. The maximum absolute atomic E-state index is 10.8. The summed E-state index contributed by atoms with van der Waals surface area (Å²) in [5.41, 5.74) is 1.20. The number of methoxy groups -OCH3 is 1. The molecule has 0 radical (unpaired) electrons. The summed E-state index contributed by atoms with van der Waals surface area (Å²) in [5.74, 6) is -0.627. The standard InChI is InChI=1S/C11H11ClO3/c1-6-4-10(15-3)8(5-9(6)12)7(2)11(13)14/h4-5H,2H2,1,3H3,(H,13,14). The Labute approximate surface area is 92.9 Å². The average molecular weight is 227 g/mol. The number of ether oxygens (including phenoxy) is 1. The highest BCUT2D eigenvalue weighted by Gasteiger charge is 2.14. The quantitative estimate of drug-likeness (QED) is 0.807. The monoisotopic (exact) mass is 226 g/mol. The predicted octanol–water partition coefficient (Wildman–Crippen LogP) is 2.75. The van der Waals surface area contributed by atoms with Crippen LogP contribution in [-0.2, 0) is 4.79 Å². The number of carbonyl (C=O) groups is 1. The van der Waals surface area contributed by atoms with Gasteiger partial charge in [-0.15, -0.1) is 0 Å². The number of halogens is 1. The fourth-order valence-corrected chi connectivity index (χ4v) is 1.34. The number of aliphatic carboxylic acids is 1. The van der Waals surface area contributed by atoms with Crippen LogP contribution in [0.25, 0.3) is 5.57 Å². The Balaban J connectivity index is 3.34. The molecule has 1 aromatic carbocycles. The molecule has 4 heteroatoms. The minimum Gasteiger partial charge on any atom is -0.496 e. The van der Waals surface area contributed by atoms with Crippen LogP contribution in [0, 0.1) is 6.92 Å². The molecule has 15 heavy (non-hydrogen) atoms. The van der Waals surface area contributed by atoms with Gasteiger partial charge in [0, 0.05) is 10.6 Å². The Bertz CT molecular complexity index is 424. The van der Waals surface area contributed by atoms with Crippen LogP contribution in [0.1, 0.15) is 11.1 Å². The average Bonchev–Trinajstić information content (AvgIpc) is 2.20. The molecule has 0 unspecified atom stereocenters. The third kappa shape index (κ3) is 2.30. The second-order valence-electron chi connectivity index (χ2n) is 3.09. The molecule has 0 bridgehead atoms. The Morgan fingerprint density at radius 3 is 2.60 bits per heavy atom. The highest BCUT2D eigenvalue weighted by atomic mass is 35.5. The van der Waals surface area contributed by atoms with Gasteiger partial charge in [0.15, 0.2) is 0 Å². The number of carboxylic acid groups (broad SMARTS) is 1. The normalized spacial score (nSPS) is 9.80. The van der Waals surface area contributed by atoms with E-state index in [9.17, 15) is 4.79 Å². The van der Waals surface area contributed by atoms with Gasteiger partial charge in [0.2, 0.25) is 0 Å². The van der Waals surface area contributed by atoms with Crippen LogP contribution in [0.15, 0.2) is 18.7 Å². The fourth-order valence-electron chi connectivity index (χ4n) is 1.17. The lowest BCUT2D eigenvalue weighted by Gasteiger charge is -2.10. The van der Waals surface area contributed by atoms with Gasteiger partial charge in [-0.1, -0.05) is 18.2 Å². The molecule has 1 N–H and O–H groups in total. The highest BCUT2D eigenvalue weighted by Crippen LogP contribution is 2.30. The molecular weight excluding hydrogens is 216 g/mol. The summed E-state index contributed by atoms with van der Waals surface area (Å²) in [4.78, 5) is 10.8. The van der Waals surface area contributed by atoms with E-state index in [1.165, 1.54) is 7.11 Å². The van der Waals surface area contributed by atoms with Gasteiger partial charge >= 0.3 is 5.97 Å². The van der Waals surface area contributed by atoms with Crippen molar-refractivity contribution in [1.82, 2.24) is 0 Å². The van der Waals surface area contributed by atoms with Crippen LogP contribution in [-0.4, -0.2) is 18.2 Å². The van der Waals surface area contributed by atoms with Gasteiger partial charge in [-0.2, -0.15) is 0 Å². The topological polar surface area (TPSA) is 46.5 Å². The molecule has 0 atom stereocenters. The van der Waals surface area contributed by atoms with Crippen molar-refractivity contribution >= 4 is 23.1 Å². The Hall–Kier alpha value is -1.48. The molecular formula is C11H11ClO3. The zero-order chi connectivity index (χ0) is 11.6. The van der Waals surface area contributed by atoms with Crippen molar-refractivity contribution in [1.29, 1.82) is 0 Å². The summed E-state index contributed by atoms with van der Waals surface area (Å²) in [6, 6.07) is 3.23. The van der Waals surface area contributed by atoms with E-state index in [4.69, 9.17) is 21.4 Å². The molecule has 0 aliphatic carbocycles. The highest BCUT2D eigenvalue weighted by molar-refractivity contribution is 6.32. The van der Waals surface area contributed by atoms with Crippen LogP contribution >= 0.6 is 11.6 Å². The molecule has 0 amide bonds. The number of carboxylic acids is 1. The van der Waals surface area contributed by atoms with Gasteiger partial charge in [-0.3, -0.25) is 0 Å². The van der Waals surface area contributed by atoms with Crippen LogP contribution in [0.3, 0.4) is 0 Å². The summed E-state index contributed by atoms with van der Waals surface area (Å²) in [6.45, 7) is 5.28. The Kier molecular flexibility index (Phi) is 3.37. The zero-order valence-electron chi connectivity index (χ0n) is 8.50. The molecule has 3 nitrogen and oxygen atoms in total. The molecule has 0 heterocycles. The van der Waals surface area contributed by atoms with Gasteiger partial charge < -0.3 is 9.84 Å². The van der Waals surface area contributed by atoms with Crippen molar-refractivity contribution in [2.75, 3.05) is 7.11 Å². The first kappa shape index (κ1) is 11.6. The van der Waals surface area contributed by atoms with Crippen LogP contribution < -0.4 is 4.74 Å². The third-order valence-corrected chi connectivity index (χ3v) is 2.47. The summed E-state index contributed by atoms with van der Waals surface area (Å²) in [7, 11) is 1.47. The van der Waals surface area contributed by atoms with E-state index in [1.807, 2.05) is 6.92 Å². The van der Waals surface area contributed by atoms with Crippen molar-refractivity contribution in [3.8, 4) is 5.75 Å². The molecule has 0 saturated carbocycles. The summed E-state index contributed by atoms with van der Waals surface area (Å²) >= 11 is 5.90. The first-order valence-electron chi connectivity index (χ1n) is 4.24. The van der Waals surface area contributed by atoms with Crippen molar-refractivity contribution in [3.63, 3.8) is 0 Å².